The van der Waals surface area contributed by atoms with Crippen molar-refractivity contribution in [2.45, 2.75) is 17.4 Å². The van der Waals surface area contributed by atoms with Gasteiger partial charge in [0.15, 0.2) is 0 Å². The number of rotatable bonds is 7. The molecule has 0 aliphatic rings. The standard InChI is InChI=1S/C11H13Cl2NO4S2/c1-19-5-4-9(11(15)16)14-20(17,18)10-6-7(12)2-3-8(10)13/h2-3,6,9,14H,4-5H2,1H3,(H,15,16)/p-1. The van der Waals surface area contributed by atoms with Gasteiger partial charge in [-0.1, -0.05) is 23.2 Å². The van der Waals surface area contributed by atoms with Gasteiger partial charge in [-0.3, -0.25) is 0 Å². The van der Waals surface area contributed by atoms with E-state index in [-0.39, 0.29) is 21.4 Å². The average Bonchev–Trinajstić information content (AvgIpc) is 2.36. The molecule has 0 spiro atoms. The molecule has 1 N–H and O–H groups in total. The molecule has 0 radical (unpaired) electrons. The summed E-state index contributed by atoms with van der Waals surface area (Å²) in [6, 6.07) is 2.61. The summed E-state index contributed by atoms with van der Waals surface area (Å²) in [5.41, 5.74) is 0. The van der Waals surface area contributed by atoms with E-state index in [1.54, 1.807) is 6.26 Å². The zero-order valence-corrected chi connectivity index (χ0v) is 13.6. The molecule has 0 aliphatic heterocycles. The van der Waals surface area contributed by atoms with E-state index in [1.165, 1.54) is 23.9 Å². The first-order valence-electron chi connectivity index (χ1n) is 5.45. The summed E-state index contributed by atoms with van der Waals surface area (Å²) < 4.78 is 26.3. The molecule has 1 unspecified atom stereocenters. The maximum atomic E-state index is 12.1. The van der Waals surface area contributed by atoms with Crippen LogP contribution < -0.4 is 9.83 Å². The van der Waals surface area contributed by atoms with Crippen molar-refractivity contribution >= 4 is 51.0 Å². The van der Waals surface area contributed by atoms with Gasteiger partial charge in [0.05, 0.1) is 17.0 Å². The lowest BCUT2D eigenvalue weighted by atomic mass is 10.2. The number of carboxylic acid groups (broad SMARTS) is 1. The monoisotopic (exact) mass is 356 g/mol. The van der Waals surface area contributed by atoms with Crippen LogP contribution in [0, 0.1) is 0 Å². The molecule has 0 saturated heterocycles. The van der Waals surface area contributed by atoms with Crippen LogP contribution in [0.2, 0.25) is 10.0 Å². The van der Waals surface area contributed by atoms with Gasteiger partial charge in [0.1, 0.15) is 4.90 Å². The Morgan fingerprint density at radius 2 is 2.10 bits per heavy atom. The highest BCUT2D eigenvalue weighted by Crippen LogP contribution is 2.25. The molecule has 0 fully saturated rings. The third-order valence-corrected chi connectivity index (χ3v) is 5.21. The van der Waals surface area contributed by atoms with Crippen LogP contribution in [0.3, 0.4) is 0 Å². The molecule has 20 heavy (non-hydrogen) atoms. The van der Waals surface area contributed by atoms with Crippen LogP contribution in [0.25, 0.3) is 0 Å². The molecular formula is C11H12Cl2NO4S2-. The van der Waals surface area contributed by atoms with Gasteiger partial charge in [-0.25, -0.2) is 13.1 Å². The molecule has 0 saturated carbocycles. The summed E-state index contributed by atoms with van der Waals surface area (Å²) in [7, 11) is -4.08. The van der Waals surface area contributed by atoms with Gasteiger partial charge in [0.25, 0.3) is 0 Å². The number of carbonyl (C=O) groups excluding carboxylic acids is 1. The van der Waals surface area contributed by atoms with E-state index in [0.717, 1.165) is 6.07 Å². The first-order chi connectivity index (χ1) is 9.27. The predicted octanol–water partition coefficient (Wildman–Crippen LogP) is 1.14. The van der Waals surface area contributed by atoms with E-state index in [9.17, 15) is 18.3 Å². The lowest BCUT2D eigenvalue weighted by Gasteiger charge is -2.19. The van der Waals surface area contributed by atoms with Crippen LogP contribution in [0.4, 0.5) is 0 Å². The van der Waals surface area contributed by atoms with Crippen LogP contribution in [-0.2, 0) is 14.8 Å². The number of carbonyl (C=O) groups is 1. The van der Waals surface area contributed by atoms with Gasteiger partial charge < -0.3 is 9.90 Å². The van der Waals surface area contributed by atoms with Gasteiger partial charge in [0.2, 0.25) is 10.0 Å². The summed E-state index contributed by atoms with van der Waals surface area (Å²) in [6.07, 6.45) is 1.90. The molecule has 1 aromatic rings. The Balaban J connectivity index is 3.03. The van der Waals surface area contributed by atoms with E-state index in [2.05, 4.69) is 4.72 Å². The first kappa shape index (κ1) is 17.6. The number of sulfonamides is 1. The zero-order valence-electron chi connectivity index (χ0n) is 10.4. The minimum absolute atomic E-state index is 0.0381. The van der Waals surface area contributed by atoms with Crippen LogP contribution in [0.15, 0.2) is 23.1 Å². The maximum absolute atomic E-state index is 12.1. The fraction of sp³-hybridized carbons (Fsp3) is 0.364. The Kier molecular flexibility index (Phi) is 6.60. The van der Waals surface area contributed by atoms with Crippen molar-refractivity contribution in [3.8, 4) is 0 Å². The minimum Gasteiger partial charge on any atom is -0.548 e. The van der Waals surface area contributed by atoms with Crippen LogP contribution in [0.1, 0.15) is 6.42 Å². The fourth-order valence-corrected chi connectivity index (χ4v) is 3.85. The Morgan fingerprint density at radius 1 is 1.45 bits per heavy atom. The van der Waals surface area contributed by atoms with Crippen molar-refractivity contribution < 1.29 is 18.3 Å². The lowest BCUT2D eigenvalue weighted by Crippen LogP contribution is -2.48. The topological polar surface area (TPSA) is 86.3 Å². The lowest BCUT2D eigenvalue weighted by molar-refractivity contribution is -0.308. The second-order valence-electron chi connectivity index (χ2n) is 3.85. The minimum atomic E-state index is -4.08. The summed E-state index contributed by atoms with van der Waals surface area (Å²) in [5.74, 6) is -1.01. The summed E-state index contributed by atoms with van der Waals surface area (Å²) in [5, 5.41) is 11.1. The van der Waals surface area contributed by atoms with E-state index in [1.807, 2.05) is 0 Å². The highest BCUT2D eigenvalue weighted by Gasteiger charge is 2.23. The number of hydrogen-bond donors (Lipinski definition) is 1. The number of halogens is 2. The van der Waals surface area contributed by atoms with E-state index in [4.69, 9.17) is 23.2 Å². The maximum Gasteiger partial charge on any atom is 0.242 e. The molecule has 1 rings (SSSR count). The van der Waals surface area contributed by atoms with Gasteiger partial charge in [-0.15, -0.1) is 0 Å². The number of hydrogen-bond acceptors (Lipinski definition) is 5. The largest absolute Gasteiger partial charge is 0.548 e. The average molecular weight is 357 g/mol. The van der Waals surface area contributed by atoms with Gasteiger partial charge in [0, 0.05) is 5.02 Å². The summed E-state index contributed by atoms with van der Waals surface area (Å²) in [4.78, 5) is 10.7. The normalized spacial score (nSPS) is 13.2. The molecular weight excluding hydrogens is 345 g/mol. The molecule has 0 aliphatic carbocycles. The Hall–Kier alpha value is -0.470. The Bertz CT molecular complexity index is 592. The molecule has 1 atom stereocenters. The van der Waals surface area contributed by atoms with Crippen molar-refractivity contribution in [2.75, 3.05) is 12.0 Å². The molecule has 0 heterocycles. The van der Waals surface area contributed by atoms with Gasteiger partial charge in [-0.2, -0.15) is 11.8 Å². The van der Waals surface area contributed by atoms with E-state index < -0.39 is 22.0 Å². The van der Waals surface area contributed by atoms with Crippen LogP contribution >= 0.6 is 35.0 Å². The molecule has 0 bridgehead atoms. The molecule has 0 amide bonds. The molecule has 9 heteroatoms. The van der Waals surface area contributed by atoms with Crippen molar-refractivity contribution in [3.05, 3.63) is 28.2 Å². The highest BCUT2D eigenvalue weighted by molar-refractivity contribution is 7.98. The highest BCUT2D eigenvalue weighted by atomic mass is 35.5. The Morgan fingerprint density at radius 3 is 2.65 bits per heavy atom. The number of nitrogens with one attached hydrogen (secondary N) is 1. The third-order valence-electron chi connectivity index (χ3n) is 2.38. The summed E-state index contributed by atoms with van der Waals surface area (Å²) in [6.45, 7) is 0. The molecule has 1 aromatic carbocycles. The number of thioether (sulfide) groups is 1. The second-order valence-corrected chi connectivity index (χ2v) is 7.36. The van der Waals surface area contributed by atoms with Crippen molar-refractivity contribution in [1.29, 1.82) is 0 Å². The van der Waals surface area contributed by atoms with Crippen molar-refractivity contribution in [1.82, 2.24) is 4.72 Å². The third kappa shape index (κ3) is 4.82. The van der Waals surface area contributed by atoms with Crippen molar-refractivity contribution in [3.63, 3.8) is 0 Å². The second kappa shape index (κ2) is 7.51. The van der Waals surface area contributed by atoms with Crippen LogP contribution in [-0.4, -0.2) is 32.4 Å². The molecule has 0 aromatic heterocycles. The predicted molar refractivity (Wildman–Crippen MR) is 78.6 cm³/mol. The zero-order chi connectivity index (χ0) is 15.3. The van der Waals surface area contributed by atoms with E-state index in [0.29, 0.717) is 5.75 Å². The van der Waals surface area contributed by atoms with Gasteiger partial charge >= 0.3 is 0 Å². The van der Waals surface area contributed by atoms with Crippen molar-refractivity contribution in [2.24, 2.45) is 0 Å². The SMILES string of the molecule is CSCCC(NS(=O)(=O)c1cc(Cl)ccc1Cl)C(=O)[O-]. The summed E-state index contributed by atoms with van der Waals surface area (Å²) >= 11 is 12.9. The van der Waals surface area contributed by atoms with Gasteiger partial charge in [-0.05, 0) is 36.6 Å². The Labute approximate surface area is 131 Å². The van der Waals surface area contributed by atoms with Crippen LogP contribution in [0.5, 0.6) is 0 Å². The molecule has 5 nitrogen and oxygen atoms in total. The quantitative estimate of drug-likeness (QED) is 0.791. The number of carboxylic acids is 1. The fourth-order valence-electron chi connectivity index (χ4n) is 1.39. The first-order valence-corrected chi connectivity index (χ1v) is 9.08. The molecule has 112 valence electrons. The number of benzene rings is 1. The smallest absolute Gasteiger partial charge is 0.242 e. The van der Waals surface area contributed by atoms with E-state index >= 15 is 0 Å². The number of aliphatic carboxylic acids is 1.